The Morgan fingerprint density at radius 3 is 2.43 bits per heavy atom. The third-order valence-corrected chi connectivity index (χ3v) is 5.03. The number of amides is 2. The van der Waals surface area contributed by atoms with Gasteiger partial charge in [0.2, 0.25) is 0 Å². The number of carbonyl (C=O) groups is 3. The van der Waals surface area contributed by atoms with Crippen LogP contribution in [0.15, 0.2) is 48.5 Å². The Morgan fingerprint density at radius 1 is 1.00 bits per heavy atom. The first-order valence-electron chi connectivity index (χ1n) is 10.1. The maximum Gasteiger partial charge on any atom is 0.306 e. The van der Waals surface area contributed by atoms with E-state index in [1.807, 2.05) is 0 Å². The van der Waals surface area contributed by atoms with E-state index < -0.39 is 18.5 Å². The summed E-state index contributed by atoms with van der Waals surface area (Å²) in [7, 11) is 0. The predicted octanol–water partition coefficient (Wildman–Crippen LogP) is 3.61. The van der Waals surface area contributed by atoms with Gasteiger partial charge in [0, 0.05) is 12.5 Å². The molecule has 3 rings (SSSR count). The van der Waals surface area contributed by atoms with Crippen molar-refractivity contribution in [2.45, 2.75) is 44.6 Å². The number of aryl methyl sites for hydroxylation is 1. The van der Waals surface area contributed by atoms with Crippen LogP contribution in [-0.4, -0.2) is 30.4 Å². The van der Waals surface area contributed by atoms with Crippen molar-refractivity contribution in [1.29, 1.82) is 0 Å². The SMILES string of the molecule is O=C(COC(=O)CCc1ccc(F)cc1)Nc1ccccc1C(=O)NC1CCCC1. The second-order valence-electron chi connectivity index (χ2n) is 7.34. The second-order valence-corrected chi connectivity index (χ2v) is 7.34. The van der Waals surface area contributed by atoms with Crippen LogP contribution >= 0.6 is 0 Å². The lowest BCUT2D eigenvalue weighted by Crippen LogP contribution is -2.33. The molecule has 6 nitrogen and oxygen atoms in total. The smallest absolute Gasteiger partial charge is 0.306 e. The van der Waals surface area contributed by atoms with E-state index in [2.05, 4.69) is 10.6 Å². The zero-order valence-corrected chi connectivity index (χ0v) is 16.7. The van der Waals surface area contributed by atoms with E-state index in [0.717, 1.165) is 31.2 Å². The number of anilines is 1. The number of para-hydroxylation sites is 1. The molecule has 0 aliphatic heterocycles. The molecule has 0 radical (unpaired) electrons. The summed E-state index contributed by atoms with van der Waals surface area (Å²) in [5, 5.41) is 5.63. The van der Waals surface area contributed by atoms with Crippen molar-refractivity contribution in [1.82, 2.24) is 5.32 Å². The molecule has 0 unspecified atom stereocenters. The highest BCUT2D eigenvalue weighted by atomic mass is 19.1. The molecule has 0 heterocycles. The topological polar surface area (TPSA) is 84.5 Å². The number of ether oxygens (including phenoxy) is 1. The Kier molecular flexibility index (Phi) is 7.54. The van der Waals surface area contributed by atoms with Crippen LogP contribution in [0.25, 0.3) is 0 Å². The lowest BCUT2D eigenvalue weighted by molar-refractivity contribution is -0.147. The van der Waals surface area contributed by atoms with Gasteiger partial charge in [0.25, 0.3) is 11.8 Å². The highest BCUT2D eigenvalue weighted by Gasteiger charge is 2.20. The summed E-state index contributed by atoms with van der Waals surface area (Å²) in [6.45, 7) is -0.444. The largest absolute Gasteiger partial charge is 0.456 e. The standard InChI is InChI=1S/C23H25FN2O4/c24-17-12-9-16(10-13-17)11-14-22(28)30-15-21(27)26-20-8-4-3-7-19(20)23(29)25-18-5-1-2-6-18/h3-4,7-10,12-13,18H,1-2,5-6,11,14-15H2,(H,25,29)(H,26,27). The number of benzene rings is 2. The van der Waals surface area contributed by atoms with Crippen LogP contribution in [0, 0.1) is 5.82 Å². The quantitative estimate of drug-likeness (QED) is 0.649. The molecule has 1 fully saturated rings. The molecule has 1 saturated carbocycles. The molecule has 1 aliphatic rings. The normalized spacial score (nSPS) is 13.6. The van der Waals surface area contributed by atoms with Crippen molar-refractivity contribution in [2.24, 2.45) is 0 Å². The van der Waals surface area contributed by atoms with Gasteiger partial charge in [0.05, 0.1) is 11.3 Å². The first-order chi connectivity index (χ1) is 14.5. The van der Waals surface area contributed by atoms with Gasteiger partial charge in [-0.05, 0) is 49.1 Å². The van der Waals surface area contributed by atoms with Gasteiger partial charge in [-0.25, -0.2) is 4.39 Å². The first kappa shape index (κ1) is 21.5. The molecule has 7 heteroatoms. The third kappa shape index (κ3) is 6.40. The van der Waals surface area contributed by atoms with Gasteiger partial charge in [0.1, 0.15) is 5.82 Å². The molecule has 2 aromatic rings. The third-order valence-electron chi connectivity index (χ3n) is 5.03. The number of nitrogens with one attached hydrogen (secondary N) is 2. The minimum Gasteiger partial charge on any atom is -0.456 e. The molecule has 0 aromatic heterocycles. The fourth-order valence-electron chi connectivity index (χ4n) is 3.43. The fraction of sp³-hybridized carbons (Fsp3) is 0.348. The van der Waals surface area contributed by atoms with Crippen LogP contribution in [0.2, 0.25) is 0 Å². The number of esters is 1. The lowest BCUT2D eigenvalue weighted by Gasteiger charge is -2.15. The van der Waals surface area contributed by atoms with E-state index in [0.29, 0.717) is 17.7 Å². The number of hydrogen-bond donors (Lipinski definition) is 2. The average molecular weight is 412 g/mol. The van der Waals surface area contributed by atoms with Crippen molar-refractivity contribution < 1.29 is 23.5 Å². The number of rotatable bonds is 8. The predicted molar refractivity (Wildman–Crippen MR) is 110 cm³/mol. The summed E-state index contributed by atoms with van der Waals surface area (Å²) in [4.78, 5) is 36.6. The fourth-order valence-corrected chi connectivity index (χ4v) is 3.43. The van der Waals surface area contributed by atoms with E-state index in [-0.39, 0.29) is 24.2 Å². The van der Waals surface area contributed by atoms with Crippen molar-refractivity contribution in [2.75, 3.05) is 11.9 Å². The highest BCUT2D eigenvalue weighted by molar-refractivity contribution is 6.04. The summed E-state index contributed by atoms with van der Waals surface area (Å²) in [5.74, 6) is -1.61. The van der Waals surface area contributed by atoms with Crippen LogP contribution in [-0.2, 0) is 20.7 Å². The number of carbonyl (C=O) groups excluding carboxylic acids is 3. The van der Waals surface area contributed by atoms with Gasteiger partial charge < -0.3 is 15.4 Å². The monoisotopic (exact) mass is 412 g/mol. The molecular formula is C23H25FN2O4. The summed E-state index contributed by atoms with van der Waals surface area (Å²) >= 11 is 0. The van der Waals surface area contributed by atoms with Gasteiger partial charge in [-0.2, -0.15) is 0 Å². The van der Waals surface area contributed by atoms with Gasteiger partial charge in [-0.15, -0.1) is 0 Å². The second kappa shape index (κ2) is 10.5. The minimum absolute atomic E-state index is 0.0826. The summed E-state index contributed by atoms with van der Waals surface area (Å²) in [6, 6.07) is 12.8. The Hall–Kier alpha value is -3.22. The van der Waals surface area contributed by atoms with Crippen LogP contribution in [0.4, 0.5) is 10.1 Å². The van der Waals surface area contributed by atoms with Crippen molar-refractivity contribution in [3.63, 3.8) is 0 Å². The van der Waals surface area contributed by atoms with E-state index in [1.165, 1.54) is 12.1 Å². The molecule has 2 amide bonds. The molecule has 30 heavy (non-hydrogen) atoms. The van der Waals surface area contributed by atoms with Crippen LogP contribution in [0.3, 0.4) is 0 Å². The van der Waals surface area contributed by atoms with E-state index in [4.69, 9.17) is 4.74 Å². The van der Waals surface area contributed by atoms with Gasteiger partial charge in [0.15, 0.2) is 6.61 Å². The number of hydrogen-bond acceptors (Lipinski definition) is 4. The molecule has 158 valence electrons. The molecular weight excluding hydrogens is 387 g/mol. The molecule has 1 aliphatic carbocycles. The van der Waals surface area contributed by atoms with E-state index >= 15 is 0 Å². The maximum atomic E-state index is 12.9. The highest BCUT2D eigenvalue weighted by Crippen LogP contribution is 2.20. The minimum atomic E-state index is -0.526. The van der Waals surface area contributed by atoms with Gasteiger partial charge in [-0.3, -0.25) is 14.4 Å². The lowest BCUT2D eigenvalue weighted by atomic mass is 10.1. The zero-order chi connectivity index (χ0) is 21.3. The van der Waals surface area contributed by atoms with Crippen LogP contribution in [0.5, 0.6) is 0 Å². The van der Waals surface area contributed by atoms with E-state index in [9.17, 15) is 18.8 Å². The zero-order valence-electron chi connectivity index (χ0n) is 16.7. The summed E-state index contributed by atoms with van der Waals surface area (Å²) < 4.78 is 17.9. The van der Waals surface area contributed by atoms with Gasteiger partial charge in [-0.1, -0.05) is 37.1 Å². The maximum absolute atomic E-state index is 12.9. The van der Waals surface area contributed by atoms with E-state index in [1.54, 1.807) is 36.4 Å². The summed E-state index contributed by atoms with van der Waals surface area (Å²) in [5.41, 5.74) is 1.56. The van der Waals surface area contributed by atoms with Crippen molar-refractivity contribution in [3.8, 4) is 0 Å². The molecule has 2 aromatic carbocycles. The molecule has 0 atom stereocenters. The Balaban J connectivity index is 1.46. The Bertz CT molecular complexity index is 892. The van der Waals surface area contributed by atoms with Crippen LogP contribution in [0.1, 0.15) is 48.0 Å². The van der Waals surface area contributed by atoms with Crippen molar-refractivity contribution in [3.05, 3.63) is 65.5 Å². The van der Waals surface area contributed by atoms with Gasteiger partial charge >= 0.3 is 5.97 Å². The first-order valence-corrected chi connectivity index (χ1v) is 10.1. The number of halogens is 1. The Morgan fingerprint density at radius 2 is 1.70 bits per heavy atom. The Labute approximate surface area is 174 Å². The molecule has 0 bridgehead atoms. The van der Waals surface area contributed by atoms with Crippen LogP contribution < -0.4 is 10.6 Å². The molecule has 2 N–H and O–H groups in total. The summed E-state index contributed by atoms with van der Waals surface area (Å²) in [6.07, 6.45) is 4.62. The molecule has 0 saturated heterocycles. The average Bonchev–Trinajstić information content (AvgIpc) is 3.25. The van der Waals surface area contributed by atoms with Crippen molar-refractivity contribution >= 4 is 23.5 Å². The molecule has 0 spiro atoms.